The Morgan fingerprint density at radius 1 is 1.33 bits per heavy atom. The lowest BCUT2D eigenvalue weighted by Crippen LogP contribution is -2.33. The zero-order chi connectivity index (χ0) is 10.7. The second kappa shape index (κ2) is 4.40. The van der Waals surface area contributed by atoms with Crippen LogP contribution in [0.5, 0.6) is 0 Å². The van der Waals surface area contributed by atoms with Crippen molar-refractivity contribution >= 4 is 12.1 Å². The van der Waals surface area contributed by atoms with E-state index in [0.29, 0.717) is 24.2 Å². The summed E-state index contributed by atoms with van der Waals surface area (Å²) in [7, 11) is 0. The van der Waals surface area contributed by atoms with E-state index < -0.39 is 0 Å². The van der Waals surface area contributed by atoms with Gasteiger partial charge < -0.3 is 4.98 Å². The van der Waals surface area contributed by atoms with Crippen LogP contribution in [0, 0.1) is 0 Å². The number of piperidine rings is 1. The molecule has 4 heteroatoms. The first-order valence-electron chi connectivity index (χ1n) is 5.14. The van der Waals surface area contributed by atoms with Crippen molar-refractivity contribution in [2.75, 3.05) is 13.1 Å². The Balaban J connectivity index is 1.97. The molecule has 1 aromatic rings. The summed E-state index contributed by atoms with van der Waals surface area (Å²) in [6, 6.07) is 0. The summed E-state index contributed by atoms with van der Waals surface area (Å²) in [5.41, 5.74) is 1.73. The molecule has 1 N–H and O–H groups in total. The molecule has 1 aromatic heterocycles. The minimum absolute atomic E-state index is 0.343. The Labute approximate surface area is 88.3 Å². The molecule has 0 bridgehead atoms. The van der Waals surface area contributed by atoms with E-state index in [1.807, 2.05) is 6.20 Å². The number of H-pyrrole nitrogens is 1. The van der Waals surface area contributed by atoms with Gasteiger partial charge in [-0.05, 0) is 5.56 Å². The highest BCUT2D eigenvalue weighted by molar-refractivity contribution is 5.79. The summed E-state index contributed by atoms with van der Waals surface area (Å²) in [5.74, 6) is 0.343. The van der Waals surface area contributed by atoms with Crippen molar-refractivity contribution in [3.05, 3.63) is 23.5 Å². The van der Waals surface area contributed by atoms with Crippen molar-refractivity contribution in [1.82, 2.24) is 9.88 Å². The largest absolute Gasteiger partial charge is 0.367 e. The Morgan fingerprint density at radius 3 is 2.73 bits per heavy atom. The van der Waals surface area contributed by atoms with E-state index in [9.17, 15) is 9.59 Å². The number of hydrogen-bond donors (Lipinski definition) is 1. The Bertz CT molecular complexity index is 360. The predicted octanol–water partition coefficient (Wildman–Crippen LogP) is 0.992. The fourth-order valence-corrected chi connectivity index (χ4v) is 1.86. The van der Waals surface area contributed by atoms with Crippen LogP contribution in [0.4, 0.5) is 0 Å². The molecular formula is C11H14N2O2. The minimum atomic E-state index is 0.343. The van der Waals surface area contributed by atoms with Gasteiger partial charge in [-0.2, -0.15) is 0 Å². The van der Waals surface area contributed by atoms with Crippen LogP contribution >= 0.6 is 0 Å². The van der Waals surface area contributed by atoms with Gasteiger partial charge in [-0.25, -0.2) is 0 Å². The molecule has 0 amide bonds. The fraction of sp³-hybridized carbons (Fsp3) is 0.455. The molecule has 0 spiro atoms. The van der Waals surface area contributed by atoms with Crippen LogP contribution in [0.1, 0.15) is 28.8 Å². The molecule has 1 fully saturated rings. The number of carbonyl (C=O) groups excluding carboxylic acids is 2. The number of likely N-dealkylation sites (tertiary alicyclic amines) is 1. The molecule has 0 radical (unpaired) electrons. The highest BCUT2D eigenvalue weighted by Crippen LogP contribution is 2.13. The molecule has 0 atom stereocenters. The maximum absolute atomic E-state index is 11.0. The van der Waals surface area contributed by atoms with E-state index in [4.69, 9.17) is 0 Å². The van der Waals surface area contributed by atoms with E-state index in [0.717, 1.165) is 31.5 Å². The molecule has 15 heavy (non-hydrogen) atoms. The van der Waals surface area contributed by atoms with Crippen LogP contribution in [0.2, 0.25) is 0 Å². The zero-order valence-electron chi connectivity index (χ0n) is 8.53. The van der Waals surface area contributed by atoms with Gasteiger partial charge in [0.25, 0.3) is 0 Å². The Kier molecular flexibility index (Phi) is 2.97. The molecule has 1 aliphatic heterocycles. The van der Waals surface area contributed by atoms with Gasteiger partial charge in [-0.3, -0.25) is 14.5 Å². The van der Waals surface area contributed by atoms with Gasteiger partial charge in [-0.15, -0.1) is 0 Å². The highest BCUT2D eigenvalue weighted by Gasteiger charge is 2.17. The summed E-state index contributed by atoms with van der Waals surface area (Å²) in [4.78, 5) is 26.9. The van der Waals surface area contributed by atoms with Crippen LogP contribution < -0.4 is 0 Å². The first kappa shape index (κ1) is 10.1. The number of nitrogens with zero attached hydrogens (tertiary/aromatic N) is 1. The maximum atomic E-state index is 11.0. The van der Waals surface area contributed by atoms with Gasteiger partial charge in [0.05, 0.1) is 0 Å². The number of aldehydes is 1. The van der Waals surface area contributed by atoms with Crippen molar-refractivity contribution in [3.8, 4) is 0 Å². The van der Waals surface area contributed by atoms with Gasteiger partial charge in [0, 0.05) is 50.4 Å². The molecule has 2 rings (SSSR count). The topological polar surface area (TPSA) is 53.2 Å². The van der Waals surface area contributed by atoms with Crippen LogP contribution in [0.15, 0.2) is 12.4 Å². The quantitative estimate of drug-likeness (QED) is 0.750. The number of Topliss-reactive ketones (excluding diaryl/α,β-unsaturated/α-hetero) is 1. The number of ketones is 1. The van der Waals surface area contributed by atoms with Crippen molar-refractivity contribution in [1.29, 1.82) is 0 Å². The molecule has 0 saturated carbocycles. The molecule has 0 unspecified atom stereocenters. The fourth-order valence-electron chi connectivity index (χ4n) is 1.86. The minimum Gasteiger partial charge on any atom is -0.367 e. The SMILES string of the molecule is O=Cc1c[nH]cc1CN1CCC(=O)CC1. The third kappa shape index (κ3) is 2.33. The van der Waals surface area contributed by atoms with Gasteiger partial charge in [0.2, 0.25) is 0 Å². The smallest absolute Gasteiger partial charge is 0.151 e. The van der Waals surface area contributed by atoms with E-state index in [1.165, 1.54) is 0 Å². The van der Waals surface area contributed by atoms with Gasteiger partial charge in [0.15, 0.2) is 6.29 Å². The van der Waals surface area contributed by atoms with Crippen molar-refractivity contribution in [2.24, 2.45) is 0 Å². The average Bonchev–Trinajstić information content (AvgIpc) is 2.69. The second-order valence-corrected chi connectivity index (χ2v) is 3.87. The lowest BCUT2D eigenvalue weighted by atomic mass is 10.1. The molecule has 0 aromatic carbocycles. The van der Waals surface area contributed by atoms with Crippen molar-refractivity contribution in [2.45, 2.75) is 19.4 Å². The van der Waals surface area contributed by atoms with E-state index >= 15 is 0 Å². The molecule has 1 saturated heterocycles. The third-order valence-corrected chi connectivity index (χ3v) is 2.80. The summed E-state index contributed by atoms with van der Waals surface area (Å²) in [6.07, 6.45) is 5.69. The summed E-state index contributed by atoms with van der Waals surface area (Å²) in [5, 5.41) is 0. The Hall–Kier alpha value is -1.42. The third-order valence-electron chi connectivity index (χ3n) is 2.80. The number of nitrogens with one attached hydrogen (secondary N) is 1. The number of aromatic nitrogens is 1. The second-order valence-electron chi connectivity index (χ2n) is 3.87. The lowest BCUT2D eigenvalue weighted by Gasteiger charge is -2.25. The molecule has 1 aliphatic rings. The highest BCUT2D eigenvalue weighted by atomic mass is 16.1. The van der Waals surface area contributed by atoms with E-state index in [1.54, 1.807) is 6.20 Å². The summed E-state index contributed by atoms with van der Waals surface area (Å²) < 4.78 is 0. The van der Waals surface area contributed by atoms with Gasteiger partial charge in [-0.1, -0.05) is 0 Å². The van der Waals surface area contributed by atoms with Crippen molar-refractivity contribution < 1.29 is 9.59 Å². The van der Waals surface area contributed by atoms with Crippen LogP contribution in [-0.4, -0.2) is 35.0 Å². The van der Waals surface area contributed by atoms with E-state index in [2.05, 4.69) is 9.88 Å². The molecule has 2 heterocycles. The number of aromatic amines is 1. The molecule has 4 nitrogen and oxygen atoms in total. The lowest BCUT2D eigenvalue weighted by molar-refractivity contribution is -0.121. The summed E-state index contributed by atoms with van der Waals surface area (Å²) in [6.45, 7) is 2.37. The first-order chi connectivity index (χ1) is 7.29. The average molecular weight is 206 g/mol. The van der Waals surface area contributed by atoms with Crippen molar-refractivity contribution in [3.63, 3.8) is 0 Å². The monoisotopic (exact) mass is 206 g/mol. The number of carbonyl (C=O) groups is 2. The Morgan fingerprint density at radius 2 is 2.07 bits per heavy atom. The first-order valence-corrected chi connectivity index (χ1v) is 5.14. The van der Waals surface area contributed by atoms with E-state index in [-0.39, 0.29) is 0 Å². The maximum Gasteiger partial charge on any atom is 0.151 e. The van der Waals surface area contributed by atoms with Crippen LogP contribution in [0.3, 0.4) is 0 Å². The van der Waals surface area contributed by atoms with Crippen LogP contribution in [0.25, 0.3) is 0 Å². The molecular weight excluding hydrogens is 192 g/mol. The summed E-state index contributed by atoms with van der Waals surface area (Å²) >= 11 is 0. The predicted molar refractivity (Wildman–Crippen MR) is 55.7 cm³/mol. The zero-order valence-corrected chi connectivity index (χ0v) is 8.53. The standard InChI is InChI=1S/C11H14N2O2/c14-8-10-6-12-5-9(10)7-13-3-1-11(15)2-4-13/h5-6,8,12H,1-4,7H2. The number of hydrogen-bond acceptors (Lipinski definition) is 3. The molecule has 80 valence electrons. The normalized spacial score (nSPS) is 18.0. The van der Waals surface area contributed by atoms with Gasteiger partial charge in [0.1, 0.15) is 5.78 Å². The molecule has 0 aliphatic carbocycles. The van der Waals surface area contributed by atoms with Crippen LogP contribution in [-0.2, 0) is 11.3 Å². The number of rotatable bonds is 3. The van der Waals surface area contributed by atoms with Gasteiger partial charge >= 0.3 is 0 Å².